The lowest BCUT2D eigenvalue weighted by Crippen LogP contribution is -2.48. The Kier molecular flexibility index (Phi) is 4.53. The van der Waals surface area contributed by atoms with Gasteiger partial charge in [-0.05, 0) is 6.92 Å². The highest BCUT2D eigenvalue weighted by Gasteiger charge is 2.26. The van der Waals surface area contributed by atoms with Crippen LogP contribution in [0.5, 0.6) is 0 Å². The Balaban J connectivity index is 1.85. The van der Waals surface area contributed by atoms with E-state index in [1.54, 1.807) is 17.1 Å². The van der Waals surface area contributed by atoms with Crippen LogP contribution in [0.1, 0.15) is 13.8 Å². The number of thioether (sulfide) groups is 1. The number of nitrogens with two attached hydrogens (primary N) is 1. The van der Waals surface area contributed by atoms with Crippen LogP contribution < -0.4 is 5.73 Å². The van der Waals surface area contributed by atoms with Crippen molar-refractivity contribution in [2.45, 2.75) is 37.8 Å². The minimum Gasteiger partial charge on any atom is -0.396 e. The molecule has 0 aromatic carbocycles. The van der Waals surface area contributed by atoms with Gasteiger partial charge in [0.2, 0.25) is 0 Å². The van der Waals surface area contributed by atoms with E-state index in [0.717, 1.165) is 12.3 Å². The summed E-state index contributed by atoms with van der Waals surface area (Å²) in [6, 6.07) is 0.515. The van der Waals surface area contributed by atoms with E-state index < -0.39 is 6.10 Å². The highest BCUT2D eigenvalue weighted by atomic mass is 32.2. The monoisotopic (exact) mass is 270 g/mol. The van der Waals surface area contributed by atoms with Crippen LogP contribution in [0.15, 0.2) is 12.4 Å². The molecule has 102 valence electrons. The van der Waals surface area contributed by atoms with E-state index in [4.69, 9.17) is 5.73 Å². The third-order valence-corrected chi connectivity index (χ3v) is 4.85. The summed E-state index contributed by atoms with van der Waals surface area (Å²) in [6.45, 7) is 6.74. The van der Waals surface area contributed by atoms with E-state index in [2.05, 4.69) is 23.8 Å². The Hall–Kier alpha value is -0.720. The molecule has 1 aromatic heterocycles. The molecule has 1 aliphatic heterocycles. The third-order valence-electron chi connectivity index (χ3n) is 3.51. The number of nitrogen functional groups attached to an aromatic ring is 1. The van der Waals surface area contributed by atoms with Gasteiger partial charge in [-0.25, -0.2) is 0 Å². The maximum atomic E-state index is 10.1. The minimum absolute atomic E-state index is 0.401. The average Bonchev–Trinajstić information content (AvgIpc) is 2.70. The van der Waals surface area contributed by atoms with Crippen molar-refractivity contribution in [2.24, 2.45) is 0 Å². The Morgan fingerprint density at radius 3 is 3.00 bits per heavy atom. The quantitative estimate of drug-likeness (QED) is 0.841. The topological polar surface area (TPSA) is 67.3 Å². The first-order chi connectivity index (χ1) is 8.56. The number of aliphatic hydroxyl groups is 1. The Labute approximate surface area is 112 Å². The normalized spacial score (nSPS) is 27.3. The van der Waals surface area contributed by atoms with E-state index in [1.165, 1.54) is 0 Å². The molecule has 1 aliphatic rings. The molecule has 1 saturated heterocycles. The van der Waals surface area contributed by atoms with Crippen molar-refractivity contribution in [2.75, 3.05) is 24.6 Å². The third kappa shape index (κ3) is 3.40. The van der Waals surface area contributed by atoms with Crippen LogP contribution in [0.4, 0.5) is 5.69 Å². The van der Waals surface area contributed by atoms with Gasteiger partial charge in [-0.1, -0.05) is 6.92 Å². The van der Waals surface area contributed by atoms with Crippen LogP contribution in [0.2, 0.25) is 0 Å². The molecule has 2 heterocycles. The number of β-amino-alcohol motifs (C(OH)–C–C–N with tert-alkyl or cyclic N) is 1. The molecule has 0 spiro atoms. The Morgan fingerprint density at radius 2 is 2.33 bits per heavy atom. The second-order valence-corrected chi connectivity index (χ2v) is 6.45. The lowest BCUT2D eigenvalue weighted by molar-refractivity contribution is 0.0783. The fourth-order valence-electron chi connectivity index (χ4n) is 2.28. The molecule has 1 aromatic rings. The number of hydrogen-bond donors (Lipinski definition) is 2. The molecule has 3 atom stereocenters. The number of hydrogen-bond acceptors (Lipinski definition) is 5. The van der Waals surface area contributed by atoms with E-state index in [9.17, 15) is 5.11 Å². The summed E-state index contributed by atoms with van der Waals surface area (Å²) in [5.74, 6) is 1.15. The molecule has 0 saturated carbocycles. The van der Waals surface area contributed by atoms with Crippen molar-refractivity contribution in [1.29, 1.82) is 0 Å². The minimum atomic E-state index is -0.401. The SMILES string of the molecule is CC1SCCN(CC(O)Cn2cc(N)cn2)C1C. The number of rotatable bonds is 4. The van der Waals surface area contributed by atoms with E-state index >= 15 is 0 Å². The fourth-order valence-corrected chi connectivity index (χ4v) is 3.44. The van der Waals surface area contributed by atoms with Gasteiger partial charge in [-0.2, -0.15) is 16.9 Å². The number of aliphatic hydroxyl groups excluding tert-OH is 1. The summed E-state index contributed by atoms with van der Waals surface area (Å²) in [7, 11) is 0. The first-order valence-electron chi connectivity index (χ1n) is 6.38. The van der Waals surface area contributed by atoms with Crippen LogP contribution >= 0.6 is 11.8 Å². The maximum absolute atomic E-state index is 10.1. The van der Waals surface area contributed by atoms with Crippen molar-refractivity contribution in [1.82, 2.24) is 14.7 Å². The summed E-state index contributed by atoms with van der Waals surface area (Å²) in [5, 5.41) is 14.8. The molecular weight excluding hydrogens is 248 g/mol. The van der Waals surface area contributed by atoms with Gasteiger partial charge in [-0.15, -0.1) is 0 Å². The zero-order valence-electron chi connectivity index (χ0n) is 11.0. The highest BCUT2D eigenvalue weighted by Crippen LogP contribution is 2.24. The smallest absolute Gasteiger partial charge is 0.0862 e. The molecule has 5 nitrogen and oxygen atoms in total. The predicted molar refractivity (Wildman–Crippen MR) is 75.6 cm³/mol. The molecule has 3 N–H and O–H groups in total. The van der Waals surface area contributed by atoms with Crippen LogP contribution in [-0.2, 0) is 6.54 Å². The van der Waals surface area contributed by atoms with Crippen molar-refractivity contribution in [3.8, 4) is 0 Å². The van der Waals surface area contributed by atoms with Crippen LogP contribution in [0, 0.1) is 0 Å². The van der Waals surface area contributed by atoms with E-state index in [1.807, 2.05) is 11.8 Å². The van der Waals surface area contributed by atoms with Crippen molar-refractivity contribution in [3.63, 3.8) is 0 Å². The van der Waals surface area contributed by atoms with Gasteiger partial charge in [-0.3, -0.25) is 9.58 Å². The van der Waals surface area contributed by atoms with E-state index in [0.29, 0.717) is 30.1 Å². The number of aromatic nitrogens is 2. The van der Waals surface area contributed by atoms with Crippen molar-refractivity contribution < 1.29 is 5.11 Å². The van der Waals surface area contributed by atoms with Crippen LogP contribution in [-0.4, -0.2) is 56.0 Å². The van der Waals surface area contributed by atoms with E-state index in [-0.39, 0.29) is 0 Å². The molecule has 0 amide bonds. The Bertz CT molecular complexity index is 384. The molecule has 0 aliphatic carbocycles. The van der Waals surface area contributed by atoms with Gasteiger partial charge in [0, 0.05) is 36.3 Å². The highest BCUT2D eigenvalue weighted by molar-refractivity contribution is 8.00. The zero-order chi connectivity index (χ0) is 13.1. The molecular formula is C12H22N4OS. The Morgan fingerprint density at radius 1 is 1.56 bits per heavy atom. The van der Waals surface area contributed by atoms with Gasteiger partial charge in [0.1, 0.15) is 0 Å². The molecule has 2 rings (SSSR count). The molecule has 1 fully saturated rings. The van der Waals surface area contributed by atoms with Gasteiger partial charge in [0.25, 0.3) is 0 Å². The summed E-state index contributed by atoms with van der Waals surface area (Å²) in [6.07, 6.45) is 2.96. The summed E-state index contributed by atoms with van der Waals surface area (Å²) in [4.78, 5) is 2.36. The molecule has 0 radical (unpaired) electrons. The first-order valence-corrected chi connectivity index (χ1v) is 7.43. The zero-order valence-corrected chi connectivity index (χ0v) is 11.8. The van der Waals surface area contributed by atoms with Gasteiger partial charge >= 0.3 is 0 Å². The van der Waals surface area contributed by atoms with Crippen LogP contribution in [0.25, 0.3) is 0 Å². The lowest BCUT2D eigenvalue weighted by Gasteiger charge is -2.38. The van der Waals surface area contributed by atoms with Gasteiger partial charge < -0.3 is 10.8 Å². The molecule has 18 heavy (non-hydrogen) atoms. The molecule has 0 bridgehead atoms. The van der Waals surface area contributed by atoms with Gasteiger partial charge in [0.15, 0.2) is 0 Å². The number of nitrogens with zero attached hydrogens (tertiary/aromatic N) is 3. The van der Waals surface area contributed by atoms with Crippen LogP contribution in [0.3, 0.4) is 0 Å². The largest absolute Gasteiger partial charge is 0.396 e. The summed E-state index contributed by atoms with van der Waals surface area (Å²) in [5.41, 5.74) is 6.24. The second-order valence-electron chi connectivity index (χ2n) is 4.96. The predicted octanol–water partition coefficient (Wildman–Crippen LogP) is 0.652. The summed E-state index contributed by atoms with van der Waals surface area (Å²) < 4.78 is 1.70. The average molecular weight is 270 g/mol. The van der Waals surface area contributed by atoms with Crippen molar-refractivity contribution in [3.05, 3.63) is 12.4 Å². The molecule has 3 unspecified atom stereocenters. The fraction of sp³-hybridized carbons (Fsp3) is 0.750. The maximum Gasteiger partial charge on any atom is 0.0862 e. The standard InChI is InChI=1S/C12H22N4OS/c1-9-10(2)18-4-3-15(9)7-12(17)8-16-6-11(13)5-14-16/h5-6,9-10,12,17H,3-4,7-8,13H2,1-2H3. The lowest BCUT2D eigenvalue weighted by atomic mass is 10.2. The second kappa shape index (κ2) is 5.95. The summed E-state index contributed by atoms with van der Waals surface area (Å²) >= 11 is 2.01. The number of anilines is 1. The van der Waals surface area contributed by atoms with Gasteiger partial charge in [0.05, 0.1) is 24.5 Å². The van der Waals surface area contributed by atoms with Crippen molar-refractivity contribution >= 4 is 17.4 Å². The molecule has 6 heteroatoms. The first kappa shape index (κ1) is 13.7.